The molecule has 1 saturated heterocycles. The van der Waals surface area contributed by atoms with Crippen LogP contribution in [0.4, 0.5) is 5.82 Å². The topological polar surface area (TPSA) is 72.2 Å². The van der Waals surface area contributed by atoms with Crippen LogP contribution in [0.1, 0.15) is 29.2 Å². The average molecular weight is 401 g/mol. The van der Waals surface area contributed by atoms with Crippen LogP contribution in [0.5, 0.6) is 0 Å². The molecule has 1 aliphatic heterocycles. The molecule has 4 atom stereocenters. The zero-order valence-corrected chi connectivity index (χ0v) is 17.1. The second kappa shape index (κ2) is 8.78. The quantitative estimate of drug-likeness (QED) is 0.594. The number of halogens is 1. The lowest BCUT2D eigenvalue weighted by Gasteiger charge is -2.19. The first kappa shape index (κ1) is 19.6. The van der Waals surface area contributed by atoms with E-state index in [1.165, 1.54) is 12.0 Å². The van der Waals surface area contributed by atoms with Crippen molar-refractivity contribution in [2.75, 3.05) is 32.0 Å². The third-order valence-electron chi connectivity index (χ3n) is 5.70. The number of hydrogen-bond donors (Lipinski definition) is 3. The van der Waals surface area contributed by atoms with Crippen molar-refractivity contribution < 1.29 is 4.74 Å². The molecule has 4 N–H and O–H groups in total. The predicted molar refractivity (Wildman–Crippen MR) is 114 cm³/mol. The van der Waals surface area contributed by atoms with Gasteiger partial charge < -0.3 is 21.1 Å². The Kier molecular flexibility index (Phi) is 6.16. The van der Waals surface area contributed by atoms with Crippen LogP contribution in [0, 0.1) is 12.8 Å². The number of anilines is 1. The Morgan fingerprint density at radius 3 is 3.00 bits per heavy atom. The molecular formula is C22H29ClN4O. The fraction of sp³-hybridized carbons (Fsp3) is 0.500. The molecule has 0 spiro atoms. The smallest absolute Gasteiger partial charge is 0.123 e. The van der Waals surface area contributed by atoms with E-state index < -0.39 is 0 Å². The van der Waals surface area contributed by atoms with Crippen molar-refractivity contribution in [1.82, 2.24) is 15.6 Å². The molecule has 1 aromatic heterocycles. The lowest BCUT2D eigenvalue weighted by molar-refractivity contribution is 0.0394. The Labute approximate surface area is 172 Å². The summed E-state index contributed by atoms with van der Waals surface area (Å²) < 4.78 is 6.18. The van der Waals surface area contributed by atoms with Gasteiger partial charge in [-0.3, -0.25) is 0 Å². The van der Waals surface area contributed by atoms with Crippen LogP contribution >= 0.6 is 11.6 Å². The van der Waals surface area contributed by atoms with Crippen molar-refractivity contribution in [1.29, 1.82) is 0 Å². The first-order valence-electron chi connectivity index (χ1n) is 10.1. The largest absolute Gasteiger partial charge is 0.384 e. The number of nitrogens with zero attached hydrogens (tertiary/aromatic N) is 1. The minimum absolute atomic E-state index is 0.230. The molecule has 1 aliphatic carbocycles. The van der Waals surface area contributed by atoms with Crippen LogP contribution < -0.4 is 16.4 Å². The number of hydrogen-bond acceptors (Lipinski definition) is 5. The van der Waals surface area contributed by atoms with E-state index in [2.05, 4.69) is 40.7 Å². The molecule has 6 heteroatoms. The highest BCUT2D eigenvalue weighted by atomic mass is 35.5. The predicted octanol–water partition coefficient (Wildman–Crippen LogP) is 2.92. The number of pyridine rings is 1. The van der Waals surface area contributed by atoms with E-state index >= 15 is 0 Å². The van der Waals surface area contributed by atoms with Crippen LogP contribution in [0.2, 0.25) is 5.02 Å². The Hall–Kier alpha value is -1.66. The van der Waals surface area contributed by atoms with E-state index in [4.69, 9.17) is 22.1 Å². The van der Waals surface area contributed by atoms with Gasteiger partial charge in [0.05, 0.1) is 12.7 Å². The number of benzene rings is 1. The summed E-state index contributed by atoms with van der Waals surface area (Å²) in [7, 11) is 0. The molecule has 2 heterocycles. The van der Waals surface area contributed by atoms with Crippen LogP contribution in [-0.4, -0.2) is 43.4 Å². The molecule has 0 bridgehead atoms. The van der Waals surface area contributed by atoms with Gasteiger partial charge in [0.2, 0.25) is 0 Å². The van der Waals surface area contributed by atoms with Crippen molar-refractivity contribution in [2.24, 2.45) is 5.92 Å². The fourth-order valence-electron chi connectivity index (χ4n) is 4.23. The fourth-order valence-corrected chi connectivity index (χ4v) is 4.43. The van der Waals surface area contributed by atoms with E-state index in [-0.39, 0.29) is 6.10 Å². The van der Waals surface area contributed by atoms with Crippen molar-refractivity contribution in [3.8, 4) is 0 Å². The number of aryl methyl sites for hydroxylation is 1. The summed E-state index contributed by atoms with van der Waals surface area (Å²) in [5.41, 5.74) is 9.43. The summed E-state index contributed by atoms with van der Waals surface area (Å²) in [5, 5.41) is 7.88. The van der Waals surface area contributed by atoms with Crippen molar-refractivity contribution >= 4 is 17.4 Å². The van der Waals surface area contributed by atoms with Gasteiger partial charge in [-0.05, 0) is 55.2 Å². The van der Waals surface area contributed by atoms with Gasteiger partial charge in [0.1, 0.15) is 5.82 Å². The summed E-state index contributed by atoms with van der Waals surface area (Å²) in [6.45, 7) is 5.53. The van der Waals surface area contributed by atoms with Crippen LogP contribution in [0.3, 0.4) is 0 Å². The molecular weight excluding hydrogens is 372 g/mol. The molecule has 0 amide bonds. The number of nitrogens with one attached hydrogen (secondary N) is 2. The Bertz CT molecular complexity index is 795. The normalized spacial score (nSPS) is 26.5. The van der Waals surface area contributed by atoms with Gasteiger partial charge >= 0.3 is 0 Å². The SMILES string of the molecule is Cc1cc(N)nc(C[C@@H]2CNC[C@@H]2OCCNC2CC2c2cccc(Cl)c2)c1. The summed E-state index contributed by atoms with van der Waals surface area (Å²) in [6.07, 6.45) is 2.30. The first-order chi connectivity index (χ1) is 13.6. The van der Waals surface area contributed by atoms with Gasteiger partial charge in [0.15, 0.2) is 0 Å². The maximum absolute atomic E-state index is 6.18. The van der Waals surface area contributed by atoms with E-state index in [9.17, 15) is 0 Å². The van der Waals surface area contributed by atoms with Gasteiger partial charge in [-0.1, -0.05) is 23.7 Å². The molecule has 4 rings (SSSR count). The van der Waals surface area contributed by atoms with Crippen molar-refractivity contribution in [2.45, 2.75) is 37.8 Å². The highest BCUT2D eigenvalue weighted by molar-refractivity contribution is 6.30. The van der Waals surface area contributed by atoms with E-state index in [1.54, 1.807) is 0 Å². The molecule has 28 heavy (non-hydrogen) atoms. The molecule has 150 valence electrons. The summed E-state index contributed by atoms with van der Waals surface area (Å²) >= 11 is 6.10. The molecule has 0 radical (unpaired) electrons. The van der Waals surface area contributed by atoms with E-state index in [0.29, 0.717) is 23.7 Å². The molecule has 1 aromatic carbocycles. The van der Waals surface area contributed by atoms with E-state index in [0.717, 1.165) is 48.9 Å². The molecule has 2 fully saturated rings. The highest BCUT2D eigenvalue weighted by Gasteiger charge is 2.37. The van der Waals surface area contributed by atoms with Crippen LogP contribution in [0.25, 0.3) is 0 Å². The molecule has 1 saturated carbocycles. The lowest BCUT2D eigenvalue weighted by Crippen LogP contribution is -2.30. The molecule has 5 nitrogen and oxygen atoms in total. The zero-order valence-electron chi connectivity index (χ0n) is 16.3. The van der Waals surface area contributed by atoms with Gasteiger partial charge in [0.25, 0.3) is 0 Å². The number of nitrogens with two attached hydrogens (primary N) is 1. The second-order valence-corrected chi connectivity index (χ2v) is 8.49. The Balaban J connectivity index is 1.20. The maximum atomic E-state index is 6.18. The number of rotatable bonds is 8. The van der Waals surface area contributed by atoms with Crippen molar-refractivity contribution in [3.63, 3.8) is 0 Å². The standard InChI is InChI=1S/C22H29ClN4O/c1-14-7-18(27-22(24)8-14)10-16-12-25-13-21(16)28-6-5-26-20-11-19(20)15-3-2-4-17(23)9-15/h2-4,7-9,16,19-21,25-26H,5-6,10-13H2,1H3,(H2,24,27)/t16-,19?,20?,21+/m1/s1. The monoisotopic (exact) mass is 400 g/mol. The third-order valence-corrected chi connectivity index (χ3v) is 5.93. The maximum Gasteiger partial charge on any atom is 0.123 e. The van der Waals surface area contributed by atoms with Gasteiger partial charge in [-0.25, -0.2) is 4.98 Å². The second-order valence-electron chi connectivity index (χ2n) is 8.05. The Morgan fingerprint density at radius 2 is 2.18 bits per heavy atom. The zero-order chi connectivity index (χ0) is 19.5. The van der Waals surface area contributed by atoms with Gasteiger partial charge in [0, 0.05) is 48.2 Å². The van der Waals surface area contributed by atoms with Crippen LogP contribution in [-0.2, 0) is 11.2 Å². The van der Waals surface area contributed by atoms with Crippen LogP contribution in [0.15, 0.2) is 36.4 Å². The third kappa shape index (κ3) is 5.03. The lowest BCUT2D eigenvalue weighted by atomic mass is 9.99. The number of ether oxygens (including phenoxy) is 1. The average Bonchev–Trinajstić information content (AvgIpc) is 3.29. The molecule has 2 aliphatic rings. The summed E-state index contributed by atoms with van der Waals surface area (Å²) in [5.74, 6) is 1.62. The van der Waals surface area contributed by atoms with Gasteiger partial charge in [-0.2, -0.15) is 0 Å². The molecule has 2 aromatic rings. The summed E-state index contributed by atoms with van der Waals surface area (Å²) in [6, 6.07) is 12.8. The minimum atomic E-state index is 0.230. The minimum Gasteiger partial charge on any atom is -0.384 e. The van der Waals surface area contributed by atoms with E-state index in [1.807, 2.05) is 18.2 Å². The van der Waals surface area contributed by atoms with Gasteiger partial charge in [-0.15, -0.1) is 0 Å². The summed E-state index contributed by atoms with van der Waals surface area (Å²) in [4.78, 5) is 4.48. The Morgan fingerprint density at radius 1 is 1.29 bits per heavy atom. The first-order valence-corrected chi connectivity index (χ1v) is 10.5. The van der Waals surface area contributed by atoms with Crippen molar-refractivity contribution in [3.05, 3.63) is 58.2 Å². The number of aromatic nitrogens is 1. The highest BCUT2D eigenvalue weighted by Crippen LogP contribution is 2.41. The molecule has 2 unspecified atom stereocenters. The number of nitrogen functional groups attached to an aromatic ring is 1.